The normalized spacial score (nSPS) is 17.3. The predicted octanol–water partition coefficient (Wildman–Crippen LogP) is 2.19. The predicted molar refractivity (Wildman–Crippen MR) is 96.5 cm³/mol. The fourth-order valence-corrected chi connectivity index (χ4v) is 3.55. The van der Waals surface area contributed by atoms with Crippen LogP contribution in [0.1, 0.15) is 43.0 Å². The van der Waals surface area contributed by atoms with Crippen LogP contribution in [0.15, 0.2) is 29.1 Å². The summed E-state index contributed by atoms with van der Waals surface area (Å²) in [7, 11) is 0. The number of rotatable bonds is 4. The van der Waals surface area contributed by atoms with E-state index in [2.05, 4.69) is 10.3 Å². The van der Waals surface area contributed by atoms with E-state index in [-0.39, 0.29) is 23.4 Å². The third-order valence-corrected chi connectivity index (χ3v) is 4.78. The van der Waals surface area contributed by atoms with Crippen molar-refractivity contribution < 1.29 is 14.0 Å². The molecule has 1 aliphatic heterocycles. The lowest BCUT2D eigenvalue weighted by atomic mass is 9.97. The number of carbonyl (C=O) groups is 2. The first kappa shape index (κ1) is 18.1. The van der Waals surface area contributed by atoms with Gasteiger partial charge in [0.25, 0.3) is 5.91 Å². The minimum atomic E-state index is -0.469. The number of nitrogens with zero attached hydrogens (tertiary/aromatic N) is 1. The van der Waals surface area contributed by atoms with E-state index in [9.17, 15) is 18.8 Å². The van der Waals surface area contributed by atoms with Crippen molar-refractivity contribution in [1.29, 1.82) is 0 Å². The zero-order valence-electron chi connectivity index (χ0n) is 14.7. The van der Waals surface area contributed by atoms with Crippen molar-refractivity contribution in [1.82, 2.24) is 15.2 Å². The van der Waals surface area contributed by atoms with Gasteiger partial charge in [-0.15, -0.1) is 0 Å². The highest BCUT2D eigenvalue weighted by Gasteiger charge is 2.28. The summed E-state index contributed by atoms with van der Waals surface area (Å²) in [5.74, 6) is -0.787. The molecule has 0 saturated carbocycles. The average molecular weight is 359 g/mol. The number of likely N-dealkylation sites (tertiary alicyclic amines) is 1. The van der Waals surface area contributed by atoms with E-state index in [0.717, 1.165) is 19.3 Å². The summed E-state index contributed by atoms with van der Waals surface area (Å²) < 4.78 is 13.5. The van der Waals surface area contributed by atoms with Crippen LogP contribution in [0.2, 0.25) is 0 Å². The number of fused-ring (bicyclic) bond motifs is 1. The Balaban J connectivity index is 1.90. The number of hydrogen-bond acceptors (Lipinski definition) is 3. The van der Waals surface area contributed by atoms with Gasteiger partial charge in [-0.1, -0.05) is 0 Å². The molecule has 7 heteroatoms. The monoisotopic (exact) mass is 359 g/mol. The average Bonchev–Trinajstić information content (AvgIpc) is 2.60. The van der Waals surface area contributed by atoms with Crippen LogP contribution in [-0.2, 0) is 4.79 Å². The maximum absolute atomic E-state index is 13.5. The summed E-state index contributed by atoms with van der Waals surface area (Å²) in [5, 5.41) is 3.29. The number of hydrogen-bond donors (Lipinski definition) is 2. The molecule has 0 spiro atoms. The van der Waals surface area contributed by atoms with Crippen LogP contribution in [0.25, 0.3) is 10.9 Å². The Morgan fingerprint density at radius 2 is 2.12 bits per heavy atom. The smallest absolute Gasteiger partial charge is 0.254 e. The summed E-state index contributed by atoms with van der Waals surface area (Å²) in [6.07, 6.45) is 3.45. The molecule has 2 aromatic rings. The van der Waals surface area contributed by atoms with Crippen LogP contribution in [0, 0.1) is 5.82 Å². The zero-order valence-corrected chi connectivity index (χ0v) is 14.7. The number of amides is 2. The summed E-state index contributed by atoms with van der Waals surface area (Å²) in [6, 6.07) is 5.31. The molecule has 0 aliphatic carbocycles. The number of piperidine rings is 1. The van der Waals surface area contributed by atoms with E-state index < -0.39 is 11.4 Å². The Labute approximate surface area is 150 Å². The lowest BCUT2D eigenvalue weighted by molar-refractivity contribution is -0.119. The molecule has 1 aromatic carbocycles. The Bertz CT molecular complexity index is 893. The van der Waals surface area contributed by atoms with E-state index >= 15 is 0 Å². The third kappa shape index (κ3) is 3.92. The second-order valence-electron chi connectivity index (χ2n) is 6.66. The van der Waals surface area contributed by atoms with Crippen molar-refractivity contribution in [3.05, 3.63) is 46.0 Å². The molecule has 1 aromatic heterocycles. The highest BCUT2D eigenvalue weighted by Crippen LogP contribution is 2.24. The van der Waals surface area contributed by atoms with E-state index in [4.69, 9.17) is 0 Å². The van der Waals surface area contributed by atoms with Gasteiger partial charge in [0.1, 0.15) is 5.82 Å². The van der Waals surface area contributed by atoms with Gasteiger partial charge >= 0.3 is 0 Å². The number of carbonyl (C=O) groups excluding carboxylic acids is 2. The lowest BCUT2D eigenvalue weighted by Gasteiger charge is -2.36. The molecule has 1 aliphatic rings. The molecule has 26 heavy (non-hydrogen) atoms. The van der Waals surface area contributed by atoms with E-state index in [1.54, 1.807) is 4.90 Å². The van der Waals surface area contributed by atoms with Gasteiger partial charge < -0.3 is 15.2 Å². The first-order valence-electron chi connectivity index (χ1n) is 8.83. The van der Waals surface area contributed by atoms with E-state index in [1.807, 2.05) is 0 Å². The number of nitrogens with one attached hydrogen (secondary N) is 2. The molecule has 2 N–H and O–H groups in total. The molecule has 1 saturated heterocycles. The molecule has 0 radical (unpaired) electrons. The van der Waals surface area contributed by atoms with E-state index in [1.165, 1.54) is 31.2 Å². The van der Waals surface area contributed by atoms with Crippen LogP contribution < -0.4 is 10.9 Å². The Kier molecular flexibility index (Phi) is 5.35. The number of halogens is 1. The van der Waals surface area contributed by atoms with Crippen molar-refractivity contribution in [3.63, 3.8) is 0 Å². The Morgan fingerprint density at radius 1 is 1.31 bits per heavy atom. The molecule has 0 bridgehead atoms. The van der Waals surface area contributed by atoms with Crippen molar-refractivity contribution in [2.45, 2.75) is 38.6 Å². The summed E-state index contributed by atoms with van der Waals surface area (Å²) in [4.78, 5) is 40.5. The number of aromatic amines is 1. The van der Waals surface area contributed by atoms with Crippen molar-refractivity contribution in [2.24, 2.45) is 0 Å². The zero-order chi connectivity index (χ0) is 18.7. The maximum atomic E-state index is 13.5. The largest absolute Gasteiger partial charge is 0.356 e. The topological polar surface area (TPSA) is 82.3 Å². The number of benzene rings is 1. The van der Waals surface area contributed by atoms with Crippen molar-refractivity contribution >= 4 is 22.7 Å². The minimum absolute atomic E-state index is 0.0119. The lowest BCUT2D eigenvalue weighted by Crippen LogP contribution is -2.45. The number of aromatic nitrogens is 1. The SMILES string of the molecule is CC(=O)NCC[C@@H]1CCCCN1C(=O)c1cc(=O)[nH]c2cc(F)ccc12. The fourth-order valence-electron chi connectivity index (χ4n) is 3.55. The second-order valence-corrected chi connectivity index (χ2v) is 6.66. The van der Waals surface area contributed by atoms with E-state index in [0.29, 0.717) is 30.4 Å². The van der Waals surface area contributed by atoms with Gasteiger partial charge in [0.15, 0.2) is 0 Å². The molecular formula is C19H22FN3O3. The molecule has 138 valence electrons. The van der Waals surface area contributed by atoms with Gasteiger partial charge in [-0.05, 0) is 43.9 Å². The van der Waals surface area contributed by atoms with Crippen LogP contribution in [0.4, 0.5) is 4.39 Å². The van der Waals surface area contributed by atoms with Crippen LogP contribution in [-0.4, -0.2) is 40.8 Å². The van der Waals surface area contributed by atoms with Crippen molar-refractivity contribution in [3.8, 4) is 0 Å². The molecule has 6 nitrogen and oxygen atoms in total. The van der Waals surface area contributed by atoms with Crippen LogP contribution in [0.3, 0.4) is 0 Å². The summed E-state index contributed by atoms with van der Waals surface area (Å²) in [5.41, 5.74) is 0.168. The minimum Gasteiger partial charge on any atom is -0.356 e. The molecular weight excluding hydrogens is 337 g/mol. The van der Waals surface area contributed by atoms with Gasteiger partial charge in [-0.3, -0.25) is 14.4 Å². The molecule has 3 rings (SSSR count). The standard InChI is InChI=1S/C19H22FN3O3/c1-12(24)21-8-7-14-4-2-3-9-23(14)19(26)16-11-18(25)22-17-10-13(20)5-6-15(16)17/h5-6,10-11,14H,2-4,7-9H2,1H3,(H,21,24)(H,22,25)/t14-/m0/s1. The second kappa shape index (κ2) is 7.68. The molecule has 2 amide bonds. The quantitative estimate of drug-likeness (QED) is 0.878. The molecule has 0 unspecified atom stereocenters. The molecule has 2 heterocycles. The van der Waals surface area contributed by atoms with Gasteiger partial charge in [0.05, 0.1) is 11.1 Å². The highest BCUT2D eigenvalue weighted by molar-refractivity contribution is 6.06. The first-order valence-corrected chi connectivity index (χ1v) is 8.83. The van der Waals surface area contributed by atoms with Gasteiger partial charge in [-0.25, -0.2) is 4.39 Å². The van der Waals surface area contributed by atoms with Gasteiger partial charge in [0.2, 0.25) is 11.5 Å². The highest BCUT2D eigenvalue weighted by atomic mass is 19.1. The maximum Gasteiger partial charge on any atom is 0.254 e. The van der Waals surface area contributed by atoms with Crippen LogP contribution in [0.5, 0.6) is 0 Å². The molecule has 1 fully saturated rings. The van der Waals surface area contributed by atoms with Crippen molar-refractivity contribution in [2.75, 3.05) is 13.1 Å². The summed E-state index contributed by atoms with van der Waals surface area (Å²) in [6.45, 7) is 2.58. The Morgan fingerprint density at radius 3 is 2.88 bits per heavy atom. The van der Waals surface area contributed by atoms with Gasteiger partial charge in [-0.2, -0.15) is 0 Å². The molecule has 1 atom stereocenters. The summed E-state index contributed by atoms with van der Waals surface area (Å²) >= 11 is 0. The van der Waals surface area contributed by atoms with Gasteiger partial charge in [0, 0.05) is 37.5 Å². The Hall–Kier alpha value is -2.70. The first-order chi connectivity index (χ1) is 12.5. The van der Waals surface area contributed by atoms with Crippen LogP contribution >= 0.6 is 0 Å². The number of H-pyrrole nitrogens is 1. The fraction of sp³-hybridized carbons (Fsp3) is 0.421. The number of pyridine rings is 1. The third-order valence-electron chi connectivity index (χ3n) is 4.78.